The van der Waals surface area contributed by atoms with Crippen molar-refractivity contribution in [1.82, 2.24) is 5.43 Å². The Morgan fingerprint density at radius 1 is 1.13 bits per heavy atom. The molecule has 1 atom stereocenters. The van der Waals surface area contributed by atoms with Crippen molar-refractivity contribution in [3.05, 3.63) is 77.4 Å². The van der Waals surface area contributed by atoms with Crippen LogP contribution in [0.2, 0.25) is 0 Å². The van der Waals surface area contributed by atoms with Crippen LogP contribution in [-0.2, 0) is 0 Å². The Bertz CT molecular complexity index is 1140. The van der Waals surface area contributed by atoms with Gasteiger partial charge in [0.05, 0.1) is 6.21 Å². The van der Waals surface area contributed by atoms with E-state index in [1.807, 2.05) is 42.5 Å². The highest BCUT2D eigenvalue weighted by Gasteiger charge is 2.37. The number of carbonyl (C=O) groups excluding carboxylic acids is 1. The molecular formula is C27H31N3O. The third-order valence-electron chi connectivity index (χ3n) is 6.23. The van der Waals surface area contributed by atoms with E-state index in [0.29, 0.717) is 17.5 Å². The minimum atomic E-state index is -0.202. The van der Waals surface area contributed by atoms with Crippen LogP contribution >= 0.6 is 0 Å². The van der Waals surface area contributed by atoms with Crippen molar-refractivity contribution in [3.8, 4) is 0 Å². The number of fused-ring (bicyclic) bond motifs is 2. The zero-order valence-electron chi connectivity index (χ0n) is 19.0. The lowest BCUT2D eigenvalue weighted by atomic mass is 9.79. The van der Waals surface area contributed by atoms with Crippen LogP contribution in [0.4, 0.5) is 5.69 Å². The molecule has 31 heavy (non-hydrogen) atoms. The fourth-order valence-corrected chi connectivity index (χ4v) is 5.18. The largest absolute Gasteiger partial charge is 0.364 e. The molecule has 0 spiro atoms. The molecule has 4 heteroatoms. The standard InChI is InChI=1S/C27H31N3O/c1-18(2)30-25-14-13-20(15-24(25)19(3)16-27(30,4)5)17-28-29-26(31)23-12-8-10-21-9-6-7-11-22(21)23/h6-15,17-19H,16H2,1-5H3,(H,29,31)/b28-17-/t19-/m1/s1. The first-order valence-electron chi connectivity index (χ1n) is 11.0. The summed E-state index contributed by atoms with van der Waals surface area (Å²) in [6, 6.07) is 20.5. The number of anilines is 1. The number of amides is 1. The zero-order chi connectivity index (χ0) is 22.2. The second-order valence-corrected chi connectivity index (χ2v) is 9.43. The monoisotopic (exact) mass is 413 g/mol. The first-order chi connectivity index (χ1) is 14.8. The lowest BCUT2D eigenvalue weighted by Crippen LogP contribution is -2.51. The van der Waals surface area contributed by atoms with Crippen LogP contribution in [0, 0.1) is 0 Å². The van der Waals surface area contributed by atoms with E-state index in [1.165, 1.54) is 11.3 Å². The summed E-state index contributed by atoms with van der Waals surface area (Å²) < 4.78 is 0. The SMILES string of the molecule is CC(C)N1c2ccc(/C=N\NC(=O)c3cccc4ccccc34)cc2[C@H](C)CC1(C)C. The summed E-state index contributed by atoms with van der Waals surface area (Å²) in [7, 11) is 0. The first kappa shape index (κ1) is 21.1. The van der Waals surface area contributed by atoms with E-state index in [9.17, 15) is 4.79 Å². The second-order valence-electron chi connectivity index (χ2n) is 9.43. The molecule has 0 radical (unpaired) electrons. The molecule has 1 heterocycles. The lowest BCUT2D eigenvalue weighted by molar-refractivity contribution is 0.0957. The van der Waals surface area contributed by atoms with Crippen molar-refractivity contribution in [2.75, 3.05) is 4.90 Å². The van der Waals surface area contributed by atoms with E-state index in [1.54, 1.807) is 6.21 Å². The van der Waals surface area contributed by atoms with Gasteiger partial charge < -0.3 is 4.90 Å². The highest BCUT2D eigenvalue weighted by atomic mass is 16.2. The van der Waals surface area contributed by atoms with Gasteiger partial charge in [-0.25, -0.2) is 5.43 Å². The van der Waals surface area contributed by atoms with Gasteiger partial charge >= 0.3 is 0 Å². The Balaban J connectivity index is 1.55. The first-order valence-corrected chi connectivity index (χ1v) is 11.0. The number of hydrogen-bond donors (Lipinski definition) is 1. The number of hydrazone groups is 1. The molecule has 4 rings (SSSR count). The molecule has 160 valence electrons. The predicted molar refractivity (Wildman–Crippen MR) is 130 cm³/mol. The minimum Gasteiger partial charge on any atom is -0.364 e. The highest BCUT2D eigenvalue weighted by Crippen LogP contribution is 2.44. The van der Waals surface area contributed by atoms with Crippen LogP contribution in [0.3, 0.4) is 0 Å². The van der Waals surface area contributed by atoms with Gasteiger partial charge in [-0.3, -0.25) is 4.79 Å². The summed E-state index contributed by atoms with van der Waals surface area (Å²) in [6.07, 6.45) is 2.84. The molecule has 0 saturated carbocycles. The van der Waals surface area contributed by atoms with E-state index in [4.69, 9.17) is 0 Å². The van der Waals surface area contributed by atoms with Crippen molar-refractivity contribution >= 4 is 28.6 Å². The van der Waals surface area contributed by atoms with Crippen molar-refractivity contribution in [3.63, 3.8) is 0 Å². The Hall–Kier alpha value is -3.14. The van der Waals surface area contributed by atoms with Gasteiger partial charge in [-0.1, -0.05) is 49.4 Å². The van der Waals surface area contributed by atoms with Gasteiger partial charge in [0.15, 0.2) is 0 Å². The zero-order valence-corrected chi connectivity index (χ0v) is 19.0. The Morgan fingerprint density at radius 2 is 1.87 bits per heavy atom. The fourth-order valence-electron chi connectivity index (χ4n) is 5.18. The smallest absolute Gasteiger partial charge is 0.271 e. The molecule has 1 amide bonds. The summed E-state index contributed by atoms with van der Waals surface area (Å²) in [5, 5.41) is 6.21. The normalized spacial score (nSPS) is 17.9. The summed E-state index contributed by atoms with van der Waals surface area (Å²) >= 11 is 0. The number of nitrogens with one attached hydrogen (secondary N) is 1. The van der Waals surface area contributed by atoms with Crippen LogP contribution in [0.15, 0.2) is 65.8 Å². The van der Waals surface area contributed by atoms with Crippen LogP contribution in [-0.4, -0.2) is 23.7 Å². The van der Waals surface area contributed by atoms with E-state index in [0.717, 1.165) is 22.8 Å². The molecule has 1 aliphatic rings. The Morgan fingerprint density at radius 3 is 2.65 bits per heavy atom. The van der Waals surface area contributed by atoms with Crippen molar-refractivity contribution in [2.45, 2.75) is 58.5 Å². The molecule has 0 aromatic heterocycles. The predicted octanol–water partition coefficient (Wildman–Crippen LogP) is 6.10. The van der Waals surface area contributed by atoms with Crippen LogP contribution in [0.1, 0.15) is 68.4 Å². The average molecular weight is 414 g/mol. The maximum atomic E-state index is 12.7. The van der Waals surface area contributed by atoms with Gasteiger partial charge in [0.25, 0.3) is 5.91 Å². The third kappa shape index (κ3) is 4.07. The molecule has 0 aliphatic carbocycles. The van der Waals surface area contributed by atoms with Gasteiger partial charge in [-0.05, 0) is 80.1 Å². The van der Waals surface area contributed by atoms with Gasteiger partial charge in [0, 0.05) is 22.8 Å². The lowest BCUT2D eigenvalue weighted by Gasteiger charge is -2.50. The van der Waals surface area contributed by atoms with Gasteiger partial charge in [0.2, 0.25) is 0 Å². The van der Waals surface area contributed by atoms with Gasteiger partial charge in [0.1, 0.15) is 0 Å². The van der Waals surface area contributed by atoms with Crippen LogP contribution in [0.5, 0.6) is 0 Å². The molecule has 1 N–H and O–H groups in total. The topological polar surface area (TPSA) is 44.7 Å². The number of nitrogens with zero attached hydrogens (tertiary/aromatic N) is 2. The van der Waals surface area contributed by atoms with E-state index < -0.39 is 0 Å². The van der Waals surface area contributed by atoms with Crippen LogP contribution < -0.4 is 10.3 Å². The molecule has 3 aromatic rings. The van der Waals surface area contributed by atoms with Crippen LogP contribution in [0.25, 0.3) is 10.8 Å². The quantitative estimate of drug-likeness (QED) is 0.415. The Kier molecular flexibility index (Phi) is 5.57. The molecular weight excluding hydrogens is 382 g/mol. The average Bonchev–Trinajstić information content (AvgIpc) is 2.72. The molecule has 1 aliphatic heterocycles. The van der Waals surface area contributed by atoms with Gasteiger partial charge in [-0.2, -0.15) is 5.10 Å². The Labute approximate surface area is 185 Å². The number of carbonyl (C=O) groups is 1. The maximum absolute atomic E-state index is 12.7. The maximum Gasteiger partial charge on any atom is 0.271 e. The van der Waals surface area contributed by atoms with E-state index >= 15 is 0 Å². The number of benzene rings is 3. The summed E-state index contributed by atoms with van der Waals surface area (Å²) in [6.45, 7) is 11.4. The molecule has 0 unspecified atom stereocenters. The molecule has 0 fully saturated rings. The second kappa shape index (κ2) is 8.18. The number of rotatable bonds is 4. The van der Waals surface area contributed by atoms with E-state index in [-0.39, 0.29) is 11.4 Å². The van der Waals surface area contributed by atoms with Crippen molar-refractivity contribution < 1.29 is 4.79 Å². The fraction of sp³-hybridized carbons (Fsp3) is 0.333. The van der Waals surface area contributed by atoms with E-state index in [2.05, 4.69) is 68.2 Å². The minimum absolute atomic E-state index is 0.128. The van der Waals surface area contributed by atoms with Gasteiger partial charge in [-0.15, -0.1) is 0 Å². The molecule has 4 nitrogen and oxygen atoms in total. The molecule has 0 bridgehead atoms. The summed E-state index contributed by atoms with van der Waals surface area (Å²) in [4.78, 5) is 15.2. The summed E-state index contributed by atoms with van der Waals surface area (Å²) in [5.41, 5.74) is 7.09. The summed E-state index contributed by atoms with van der Waals surface area (Å²) in [5.74, 6) is 0.269. The highest BCUT2D eigenvalue weighted by molar-refractivity contribution is 6.07. The molecule has 0 saturated heterocycles. The van der Waals surface area contributed by atoms with Crippen molar-refractivity contribution in [2.24, 2.45) is 5.10 Å². The van der Waals surface area contributed by atoms with Crippen molar-refractivity contribution in [1.29, 1.82) is 0 Å². The third-order valence-corrected chi connectivity index (χ3v) is 6.23. The number of hydrogen-bond acceptors (Lipinski definition) is 3. The molecule has 3 aromatic carbocycles.